The van der Waals surface area contributed by atoms with Gasteiger partial charge in [-0.2, -0.15) is 0 Å². The summed E-state index contributed by atoms with van der Waals surface area (Å²) in [5.41, 5.74) is 1.31. The van der Waals surface area contributed by atoms with Crippen LogP contribution in [0.5, 0.6) is 5.88 Å². The number of pyridine rings is 1. The molecule has 1 aliphatic rings. The number of carbonyl (C=O) groups is 1. The summed E-state index contributed by atoms with van der Waals surface area (Å²) in [5.74, 6) is -0.467. The monoisotopic (exact) mass is 518 g/mol. The van der Waals surface area contributed by atoms with Crippen LogP contribution in [-0.4, -0.2) is 57.8 Å². The van der Waals surface area contributed by atoms with E-state index in [-0.39, 0.29) is 16.9 Å². The molecule has 1 saturated carbocycles. The topological polar surface area (TPSA) is 156 Å². The van der Waals surface area contributed by atoms with Crippen molar-refractivity contribution < 1.29 is 23.1 Å². The van der Waals surface area contributed by atoms with E-state index >= 15 is 0 Å². The Balaban J connectivity index is 1.52. The van der Waals surface area contributed by atoms with Crippen LogP contribution in [0, 0.1) is 5.92 Å². The zero-order chi connectivity index (χ0) is 25.0. The fourth-order valence-corrected chi connectivity index (χ4v) is 5.46. The number of amides is 1. The third-order valence-corrected chi connectivity index (χ3v) is 8.21. The summed E-state index contributed by atoms with van der Waals surface area (Å²) in [7, 11) is -3.45. The Labute approximate surface area is 207 Å². The molecule has 3 N–H and O–H groups in total. The second kappa shape index (κ2) is 10.6. The molecule has 0 aromatic carbocycles. The fourth-order valence-electron chi connectivity index (χ4n) is 3.31. The van der Waals surface area contributed by atoms with Gasteiger partial charge in [-0.05, 0) is 31.9 Å². The van der Waals surface area contributed by atoms with E-state index in [2.05, 4.69) is 30.0 Å². The molecular weight excluding hydrogens is 492 g/mol. The van der Waals surface area contributed by atoms with Gasteiger partial charge in [-0.25, -0.2) is 18.4 Å². The van der Waals surface area contributed by atoms with Crippen molar-refractivity contribution >= 4 is 33.0 Å². The Morgan fingerprint density at radius 3 is 2.80 bits per heavy atom. The fraction of sp³-hybridized carbons (Fsp3) is 0.409. The molecule has 11 nitrogen and oxygen atoms in total. The van der Waals surface area contributed by atoms with Crippen LogP contribution in [0.15, 0.2) is 36.9 Å². The number of aliphatic hydroxyl groups is 1. The first-order valence-corrected chi connectivity index (χ1v) is 13.5. The molecule has 0 unspecified atom stereocenters. The number of sulfonamides is 1. The Bertz CT molecular complexity index is 1290. The van der Waals surface area contributed by atoms with Gasteiger partial charge < -0.3 is 15.2 Å². The van der Waals surface area contributed by atoms with Gasteiger partial charge in [0.05, 0.1) is 46.6 Å². The third-order valence-electron chi connectivity index (χ3n) is 5.32. The number of anilines is 1. The van der Waals surface area contributed by atoms with Gasteiger partial charge in [-0.3, -0.25) is 19.5 Å². The highest BCUT2D eigenvalue weighted by Gasteiger charge is 2.36. The van der Waals surface area contributed by atoms with Crippen LogP contribution in [0.2, 0.25) is 0 Å². The highest BCUT2D eigenvalue weighted by atomic mass is 32.2. The summed E-state index contributed by atoms with van der Waals surface area (Å²) in [6.07, 6.45) is 7.36. The molecule has 186 valence electrons. The molecule has 0 bridgehead atoms. The molecule has 2 atom stereocenters. The van der Waals surface area contributed by atoms with E-state index in [4.69, 9.17) is 4.74 Å². The van der Waals surface area contributed by atoms with Crippen LogP contribution in [0.25, 0.3) is 10.6 Å². The first-order chi connectivity index (χ1) is 16.8. The van der Waals surface area contributed by atoms with Gasteiger partial charge in [0.25, 0.3) is 5.91 Å². The SMILES string of the molecule is CCOc1cncc(-c2cnc(C(=O)N[C@H](c3cc(NS(=O)(=O)C4CC4)ccn3)[C@@H](C)CO)s2)n1. The molecule has 3 heterocycles. The van der Waals surface area contributed by atoms with Crippen molar-refractivity contribution in [2.45, 2.75) is 38.0 Å². The van der Waals surface area contributed by atoms with Crippen LogP contribution in [-0.2, 0) is 10.0 Å². The molecule has 1 fully saturated rings. The normalized spacial score (nSPS) is 15.3. The standard InChI is InChI=1S/C22H26N6O5S2/c1-3-33-19-11-23-9-17(26-19)18-10-25-22(34-18)21(30)27-20(13(2)12-29)16-8-14(6-7-24-16)28-35(31,32)15-4-5-15/h6-11,13,15,20,29H,3-5,12H2,1-2H3,(H,24,28)(H,27,30)/t13-,20-/m0/s1. The van der Waals surface area contributed by atoms with E-state index in [0.717, 1.165) is 11.3 Å². The number of nitrogens with zero attached hydrogens (tertiary/aromatic N) is 4. The van der Waals surface area contributed by atoms with Gasteiger partial charge in [-0.1, -0.05) is 6.92 Å². The van der Waals surface area contributed by atoms with Gasteiger partial charge >= 0.3 is 0 Å². The van der Waals surface area contributed by atoms with Crippen LogP contribution in [0.4, 0.5) is 5.69 Å². The third kappa shape index (κ3) is 6.10. The van der Waals surface area contributed by atoms with Crippen molar-refractivity contribution in [2.75, 3.05) is 17.9 Å². The minimum atomic E-state index is -3.45. The molecule has 13 heteroatoms. The van der Waals surface area contributed by atoms with Crippen molar-refractivity contribution in [3.63, 3.8) is 0 Å². The van der Waals surface area contributed by atoms with Crippen molar-refractivity contribution in [3.05, 3.63) is 47.6 Å². The first-order valence-electron chi connectivity index (χ1n) is 11.1. The molecule has 4 rings (SSSR count). The predicted molar refractivity (Wildman–Crippen MR) is 131 cm³/mol. The quantitative estimate of drug-likeness (QED) is 0.347. The zero-order valence-electron chi connectivity index (χ0n) is 19.2. The highest BCUT2D eigenvalue weighted by Crippen LogP contribution is 2.31. The predicted octanol–water partition coefficient (Wildman–Crippen LogP) is 2.40. The maximum atomic E-state index is 13.0. The minimum absolute atomic E-state index is 0.198. The lowest BCUT2D eigenvalue weighted by Gasteiger charge is -2.23. The van der Waals surface area contributed by atoms with E-state index in [1.54, 1.807) is 25.3 Å². The van der Waals surface area contributed by atoms with Crippen molar-refractivity contribution in [1.29, 1.82) is 0 Å². The lowest BCUT2D eigenvalue weighted by Crippen LogP contribution is -2.34. The molecule has 0 aliphatic heterocycles. The Hall–Kier alpha value is -3.16. The largest absolute Gasteiger partial charge is 0.477 e. The maximum absolute atomic E-state index is 13.0. The second-order valence-corrected chi connectivity index (χ2v) is 11.1. The van der Waals surface area contributed by atoms with E-state index in [1.165, 1.54) is 18.6 Å². The minimum Gasteiger partial charge on any atom is -0.477 e. The Kier molecular flexibility index (Phi) is 7.57. The molecule has 35 heavy (non-hydrogen) atoms. The smallest absolute Gasteiger partial charge is 0.280 e. The number of aliphatic hydroxyl groups excluding tert-OH is 1. The summed E-state index contributed by atoms with van der Waals surface area (Å²) in [6.45, 7) is 3.85. The maximum Gasteiger partial charge on any atom is 0.280 e. The van der Waals surface area contributed by atoms with Gasteiger partial charge in [0, 0.05) is 24.9 Å². The van der Waals surface area contributed by atoms with E-state index in [9.17, 15) is 18.3 Å². The molecule has 3 aromatic rings. The molecule has 1 aliphatic carbocycles. The number of hydrogen-bond acceptors (Lipinski definition) is 10. The van der Waals surface area contributed by atoms with Crippen LogP contribution < -0.4 is 14.8 Å². The van der Waals surface area contributed by atoms with Crippen molar-refractivity contribution in [3.8, 4) is 16.5 Å². The number of carbonyl (C=O) groups excluding carboxylic acids is 1. The average molecular weight is 519 g/mol. The summed E-state index contributed by atoms with van der Waals surface area (Å²) in [6, 6.07) is 2.45. The lowest BCUT2D eigenvalue weighted by atomic mass is 9.99. The van der Waals surface area contributed by atoms with Gasteiger partial charge in [0.1, 0.15) is 5.69 Å². The number of ether oxygens (including phenoxy) is 1. The first kappa shape index (κ1) is 24.9. The number of rotatable bonds is 11. The average Bonchev–Trinajstić information content (AvgIpc) is 3.60. The number of thiazole rings is 1. The van der Waals surface area contributed by atoms with Crippen LogP contribution in [0.1, 0.15) is 48.2 Å². The van der Waals surface area contributed by atoms with Gasteiger partial charge in [0.2, 0.25) is 15.9 Å². The lowest BCUT2D eigenvalue weighted by molar-refractivity contribution is 0.0906. The van der Waals surface area contributed by atoms with E-state index < -0.39 is 27.9 Å². The van der Waals surface area contributed by atoms with Crippen molar-refractivity contribution in [2.24, 2.45) is 5.92 Å². The summed E-state index contributed by atoms with van der Waals surface area (Å²) in [5, 5.41) is 12.5. The summed E-state index contributed by atoms with van der Waals surface area (Å²) in [4.78, 5) is 30.7. The highest BCUT2D eigenvalue weighted by molar-refractivity contribution is 7.93. The van der Waals surface area contributed by atoms with Crippen LogP contribution in [0.3, 0.4) is 0 Å². The summed E-state index contributed by atoms with van der Waals surface area (Å²) < 4.78 is 32.6. The number of aromatic nitrogens is 4. The van der Waals surface area contributed by atoms with Crippen LogP contribution >= 0.6 is 11.3 Å². The second-order valence-electron chi connectivity index (χ2n) is 8.13. The molecule has 3 aromatic heterocycles. The number of hydrogen-bond donors (Lipinski definition) is 3. The van der Waals surface area contributed by atoms with Crippen molar-refractivity contribution in [1.82, 2.24) is 25.3 Å². The van der Waals surface area contributed by atoms with E-state index in [0.29, 0.717) is 47.3 Å². The Morgan fingerprint density at radius 2 is 2.09 bits per heavy atom. The van der Waals surface area contributed by atoms with E-state index in [1.807, 2.05) is 6.92 Å². The molecule has 0 spiro atoms. The Morgan fingerprint density at radius 1 is 1.29 bits per heavy atom. The zero-order valence-corrected chi connectivity index (χ0v) is 20.8. The summed E-state index contributed by atoms with van der Waals surface area (Å²) >= 11 is 1.14. The van der Waals surface area contributed by atoms with Gasteiger partial charge in [0.15, 0.2) is 5.01 Å². The molecule has 1 amide bonds. The molecular formula is C22H26N6O5S2. The number of nitrogens with one attached hydrogen (secondary N) is 2. The molecule has 0 radical (unpaired) electrons. The van der Waals surface area contributed by atoms with Gasteiger partial charge in [-0.15, -0.1) is 11.3 Å². The molecule has 0 saturated heterocycles.